The summed E-state index contributed by atoms with van der Waals surface area (Å²) in [5.41, 5.74) is 27.8. The van der Waals surface area contributed by atoms with Gasteiger partial charge in [0.25, 0.3) is 0 Å². The van der Waals surface area contributed by atoms with E-state index in [4.69, 9.17) is 20.7 Å². The van der Waals surface area contributed by atoms with Crippen LogP contribution in [0.1, 0.15) is 47.6 Å². The van der Waals surface area contributed by atoms with Gasteiger partial charge in [-0.3, -0.25) is 0 Å². The van der Waals surface area contributed by atoms with E-state index in [0.717, 1.165) is 39.1 Å². The highest BCUT2D eigenvalue weighted by atomic mass is 15.0. The fourth-order valence-corrected chi connectivity index (χ4v) is 11.0. The van der Waals surface area contributed by atoms with Crippen molar-refractivity contribution < 1.29 is 0 Å². The summed E-state index contributed by atoms with van der Waals surface area (Å²) >= 11 is 0. The minimum atomic E-state index is -0.113. The van der Waals surface area contributed by atoms with Crippen molar-refractivity contribution in [2.75, 3.05) is 5.73 Å². The quantitative estimate of drug-likeness (QED) is 0.169. The van der Waals surface area contributed by atoms with Gasteiger partial charge in [0, 0.05) is 50.2 Å². The van der Waals surface area contributed by atoms with Crippen LogP contribution in [0.2, 0.25) is 0 Å². The number of para-hydroxylation sites is 1. The lowest BCUT2D eigenvalue weighted by Crippen LogP contribution is -2.15. The highest BCUT2D eigenvalue weighted by Gasteiger charge is 2.37. The van der Waals surface area contributed by atoms with Crippen molar-refractivity contribution in [2.45, 2.75) is 25.2 Å². The van der Waals surface area contributed by atoms with Crippen molar-refractivity contribution in [1.29, 1.82) is 0 Å². The van der Waals surface area contributed by atoms with Crippen LogP contribution in [0.4, 0.5) is 5.69 Å². The molecule has 1 unspecified atom stereocenters. The van der Waals surface area contributed by atoms with Crippen molar-refractivity contribution in [3.8, 4) is 73.2 Å². The van der Waals surface area contributed by atoms with Gasteiger partial charge < -0.3 is 10.3 Å². The van der Waals surface area contributed by atoms with Gasteiger partial charge >= 0.3 is 0 Å². The molecule has 0 aliphatic heterocycles. The molecule has 0 bridgehead atoms. The van der Waals surface area contributed by atoms with E-state index >= 15 is 0 Å². The molecule has 1 atom stereocenters. The third-order valence-electron chi connectivity index (χ3n) is 14.1. The molecule has 0 radical (unpaired) electrons. The maximum Gasteiger partial charge on any atom is 0.164 e. The average Bonchev–Trinajstić information content (AvgIpc) is 3.97. The summed E-state index contributed by atoms with van der Waals surface area (Å²) in [6, 6.07) is 73.5. The van der Waals surface area contributed by atoms with Crippen LogP contribution in [-0.2, 0) is 5.41 Å². The number of benzene rings is 9. The first-order valence-corrected chi connectivity index (χ1v) is 22.7. The fraction of sp³-hybridized carbons (Fsp3) is 0.0656. The molecule has 2 aliphatic rings. The summed E-state index contributed by atoms with van der Waals surface area (Å²) in [5, 5.41) is 2.48. The summed E-state index contributed by atoms with van der Waals surface area (Å²) in [6.07, 6.45) is 0. The number of hydrogen-bond acceptors (Lipinski definition) is 4. The Bertz CT molecular complexity index is 3750. The van der Waals surface area contributed by atoms with Crippen LogP contribution in [0.3, 0.4) is 0 Å². The summed E-state index contributed by atoms with van der Waals surface area (Å²) in [7, 11) is 0. The van der Waals surface area contributed by atoms with Gasteiger partial charge in [-0.15, -0.1) is 0 Å². The summed E-state index contributed by atoms with van der Waals surface area (Å²) < 4.78 is 2.47. The molecule has 9 aromatic carbocycles. The van der Waals surface area contributed by atoms with Crippen molar-refractivity contribution >= 4 is 27.5 Å². The highest BCUT2D eigenvalue weighted by Crippen LogP contribution is 2.55. The molecular weight excluding hydrogens is 803 g/mol. The predicted molar refractivity (Wildman–Crippen MR) is 271 cm³/mol. The van der Waals surface area contributed by atoms with Gasteiger partial charge in [-0.25, -0.2) is 15.0 Å². The second-order valence-corrected chi connectivity index (χ2v) is 18.2. The third-order valence-corrected chi connectivity index (χ3v) is 14.1. The Hall–Kier alpha value is -8.41. The molecule has 0 saturated heterocycles. The molecule has 11 aromatic rings. The van der Waals surface area contributed by atoms with Gasteiger partial charge in [0.2, 0.25) is 0 Å². The van der Waals surface area contributed by atoms with Crippen LogP contribution in [-0.4, -0.2) is 19.5 Å². The number of hydrogen-bond donors (Lipinski definition) is 1. The normalized spacial score (nSPS) is 14.2. The zero-order chi connectivity index (χ0) is 44.1. The second-order valence-electron chi connectivity index (χ2n) is 18.2. The van der Waals surface area contributed by atoms with E-state index in [-0.39, 0.29) is 11.3 Å². The Labute approximate surface area is 383 Å². The van der Waals surface area contributed by atoms with Crippen LogP contribution >= 0.6 is 0 Å². The van der Waals surface area contributed by atoms with E-state index < -0.39 is 0 Å². The SMILES string of the molecule is CC1(C)c2ccccc2-c2ccc(-n3c4ccccc4c4c5c(ccc43)-c3ccccc3C5c3ccc(-c4nc(-c5ccccc5)nc(-c5cccc(-c6ccccc6)c5)n4)cc3N)cc21. The fourth-order valence-electron chi connectivity index (χ4n) is 11.0. The van der Waals surface area contributed by atoms with E-state index in [1.807, 2.05) is 36.4 Å². The van der Waals surface area contributed by atoms with E-state index in [2.05, 4.69) is 188 Å². The minimum Gasteiger partial charge on any atom is -0.398 e. The molecule has 2 aliphatic carbocycles. The van der Waals surface area contributed by atoms with E-state index in [9.17, 15) is 0 Å². The molecule has 5 nitrogen and oxygen atoms in total. The van der Waals surface area contributed by atoms with Crippen molar-refractivity contribution in [3.63, 3.8) is 0 Å². The van der Waals surface area contributed by atoms with E-state index in [1.54, 1.807) is 0 Å². The second kappa shape index (κ2) is 14.6. The van der Waals surface area contributed by atoms with Crippen molar-refractivity contribution in [1.82, 2.24) is 19.5 Å². The molecule has 5 heteroatoms. The zero-order valence-corrected chi connectivity index (χ0v) is 36.6. The molecule has 2 aromatic heterocycles. The van der Waals surface area contributed by atoms with Crippen LogP contribution in [0.15, 0.2) is 206 Å². The first-order valence-electron chi connectivity index (χ1n) is 22.7. The lowest BCUT2D eigenvalue weighted by Gasteiger charge is -2.22. The van der Waals surface area contributed by atoms with Gasteiger partial charge in [-0.2, -0.15) is 0 Å². The maximum absolute atomic E-state index is 7.33. The Morgan fingerprint density at radius 3 is 1.82 bits per heavy atom. The lowest BCUT2D eigenvalue weighted by molar-refractivity contribution is 0.660. The van der Waals surface area contributed by atoms with Gasteiger partial charge in [0.15, 0.2) is 17.5 Å². The molecular formula is C61H43N5. The Kier molecular flexibility index (Phi) is 8.40. The molecule has 2 heterocycles. The smallest absolute Gasteiger partial charge is 0.164 e. The maximum atomic E-state index is 7.33. The Balaban J connectivity index is 0.965. The first kappa shape index (κ1) is 38.1. The molecule has 0 fully saturated rings. The van der Waals surface area contributed by atoms with Crippen molar-refractivity contribution in [3.05, 3.63) is 234 Å². The van der Waals surface area contributed by atoms with Gasteiger partial charge in [0.05, 0.1) is 11.0 Å². The number of aromatic nitrogens is 4. The van der Waals surface area contributed by atoms with Crippen LogP contribution < -0.4 is 5.73 Å². The van der Waals surface area contributed by atoms with Crippen LogP contribution in [0.5, 0.6) is 0 Å². The third kappa shape index (κ3) is 5.76. The van der Waals surface area contributed by atoms with Crippen LogP contribution in [0.25, 0.3) is 95.0 Å². The number of nitrogen functional groups attached to an aromatic ring is 1. The summed E-state index contributed by atoms with van der Waals surface area (Å²) in [4.78, 5) is 15.3. The standard InChI is InChI=1S/C61H43N5/c1-61(2)50-26-13-11-23-44(50)45-31-29-42(36-51(45)61)66-53-27-14-12-25-49(53)56-54(66)33-32-47-43-22-9-10-24-46(43)55(57(47)56)48-30-28-41(35-52(48)62)60-64-58(38-18-7-4-8-19-38)63-59(65-60)40-21-15-20-39(34-40)37-16-5-3-6-17-37/h3-36,55H,62H2,1-2H3. The number of nitrogens with zero attached hydrogens (tertiary/aromatic N) is 4. The molecule has 0 saturated carbocycles. The topological polar surface area (TPSA) is 69.6 Å². The number of nitrogens with two attached hydrogens (primary N) is 1. The molecule has 0 amide bonds. The molecule has 312 valence electrons. The Morgan fingerprint density at radius 2 is 1.03 bits per heavy atom. The number of anilines is 1. The predicted octanol–water partition coefficient (Wildman–Crippen LogP) is 14.7. The molecule has 13 rings (SSSR count). The summed E-state index contributed by atoms with van der Waals surface area (Å²) in [6.45, 7) is 4.70. The largest absolute Gasteiger partial charge is 0.398 e. The molecule has 2 N–H and O–H groups in total. The zero-order valence-electron chi connectivity index (χ0n) is 36.6. The minimum absolute atomic E-state index is 0.101. The van der Waals surface area contributed by atoms with Crippen LogP contribution in [0, 0.1) is 0 Å². The Morgan fingerprint density at radius 1 is 0.424 bits per heavy atom. The first-order chi connectivity index (χ1) is 32.4. The highest BCUT2D eigenvalue weighted by molar-refractivity contribution is 6.14. The van der Waals surface area contributed by atoms with Gasteiger partial charge in [-0.1, -0.05) is 184 Å². The van der Waals surface area contributed by atoms with E-state index in [1.165, 1.54) is 66.3 Å². The van der Waals surface area contributed by atoms with Crippen molar-refractivity contribution in [2.24, 2.45) is 0 Å². The number of rotatable bonds is 6. The van der Waals surface area contributed by atoms with Gasteiger partial charge in [0.1, 0.15) is 0 Å². The monoisotopic (exact) mass is 845 g/mol. The van der Waals surface area contributed by atoms with Gasteiger partial charge in [-0.05, 0) is 97.6 Å². The average molecular weight is 846 g/mol. The molecule has 66 heavy (non-hydrogen) atoms. The van der Waals surface area contributed by atoms with E-state index in [0.29, 0.717) is 23.2 Å². The molecule has 0 spiro atoms. The lowest BCUT2D eigenvalue weighted by atomic mass is 9.82. The summed E-state index contributed by atoms with van der Waals surface area (Å²) in [5.74, 6) is 1.68. The number of fused-ring (bicyclic) bond motifs is 10.